The van der Waals surface area contributed by atoms with Crippen LogP contribution in [-0.2, 0) is 6.42 Å². The Kier molecular flexibility index (Phi) is 4.97. The number of hydrogen-bond acceptors (Lipinski definition) is 2. The van der Waals surface area contributed by atoms with Crippen LogP contribution in [0.3, 0.4) is 0 Å². The van der Waals surface area contributed by atoms with E-state index < -0.39 is 0 Å². The molecule has 0 amide bonds. The number of nitrogens with zero attached hydrogens (tertiary/aromatic N) is 1. The molecule has 2 aliphatic rings. The van der Waals surface area contributed by atoms with Crippen LogP contribution in [0.1, 0.15) is 56.7 Å². The second kappa shape index (κ2) is 6.93. The van der Waals surface area contributed by atoms with Crippen molar-refractivity contribution in [3.05, 3.63) is 35.4 Å². The Morgan fingerprint density at radius 2 is 2.05 bits per heavy atom. The molecule has 1 fully saturated rings. The summed E-state index contributed by atoms with van der Waals surface area (Å²) in [5, 5.41) is 3.89. The summed E-state index contributed by atoms with van der Waals surface area (Å²) >= 11 is 0. The zero-order valence-corrected chi connectivity index (χ0v) is 13.6. The van der Waals surface area contributed by atoms with Gasteiger partial charge in [-0.15, -0.1) is 0 Å². The number of likely N-dealkylation sites (tertiary alicyclic amines) is 1. The third-order valence-corrected chi connectivity index (χ3v) is 5.32. The van der Waals surface area contributed by atoms with Gasteiger partial charge in [0.1, 0.15) is 0 Å². The Labute approximate surface area is 129 Å². The zero-order chi connectivity index (χ0) is 14.7. The van der Waals surface area contributed by atoms with Gasteiger partial charge in [-0.05, 0) is 69.7 Å². The van der Waals surface area contributed by atoms with Crippen molar-refractivity contribution in [1.82, 2.24) is 10.2 Å². The average Bonchev–Trinajstić information content (AvgIpc) is 2.87. The first-order chi connectivity index (χ1) is 10.2. The third kappa shape index (κ3) is 3.67. The lowest BCUT2D eigenvalue weighted by Crippen LogP contribution is -2.32. The average molecular weight is 286 g/mol. The van der Waals surface area contributed by atoms with Gasteiger partial charge in [0.05, 0.1) is 0 Å². The number of rotatable bonds is 4. The molecule has 1 aromatic carbocycles. The molecular weight excluding hydrogens is 256 g/mol. The molecule has 1 heterocycles. The van der Waals surface area contributed by atoms with E-state index in [1.54, 1.807) is 11.1 Å². The van der Waals surface area contributed by atoms with Crippen molar-refractivity contribution in [3.8, 4) is 0 Å². The molecule has 3 rings (SSSR count). The summed E-state index contributed by atoms with van der Waals surface area (Å²) in [5.41, 5.74) is 3.14. The van der Waals surface area contributed by atoms with Gasteiger partial charge in [0.15, 0.2) is 0 Å². The van der Waals surface area contributed by atoms with Crippen LogP contribution in [-0.4, -0.2) is 30.6 Å². The van der Waals surface area contributed by atoms with E-state index in [-0.39, 0.29) is 0 Å². The minimum Gasteiger partial charge on any atom is -0.310 e. The van der Waals surface area contributed by atoms with Gasteiger partial charge >= 0.3 is 0 Å². The van der Waals surface area contributed by atoms with Gasteiger partial charge in [0.2, 0.25) is 0 Å². The normalized spacial score (nSPS) is 26.8. The summed E-state index contributed by atoms with van der Waals surface area (Å²) in [6.45, 7) is 8.38. The lowest BCUT2D eigenvalue weighted by Gasteiger charge is -2.23. The first-order valence-corrected chi connectivity index (χ1v) is 8.79. The van der Waals surface area contributed by atoms with E-state index in [1.807, 2.05) is 0 Å². The molecular formula is C19H30N2. The van der Waals surface area contributed by atoms with Crippen molar-refractivity contribution in [2.24, 2.45) is 5.92 Å². The van der Waals surface area contributed by atoms with Crippen molar-refractivity contribution in [1.29, 1.82) is 0 Å². The molecule has 1 aromatic rings. The van der Waals surface area contributed by atoms with Gasteiger partial charge in [-0.3, -0.25) is 0 Å². The number of fused-ring (bicyclic) bond motifs is 1. The van der Waals surface area contributed by atoms with E-state index in [1.165, 1.54) is 51.7 Å². The molecule has 0 aromatic heterocycles. The Balaban J connectivity index is 1.58. The van der Waals surface area contributed by atoms with Crippen LogP contribution in [0.25, 0.3) is 0 Å². The van der Waals surface area contributed by atoms with Crippen LogP contribution in [0.5, 0.6) is 0 Å². The highest BCUT2D eigenvalue weighted by Gasteiger charge is 2.25. The van der Waals surface area contributed by atoms with E-state index in [4.69, 9.17) is 0 Å². The molecule has 0 radical (unpaired) electrons. The van der Waals surface area contributed by atoms with E-state index in [0.29, 0.717) is 12.1 Å². The number of nitrogens with one attached hydrogen (secondary N) is 1. The largest absolute Gasteiger partial charge is 0.310 e. The number of aryl methyl sites for hydroxylation is 1. The van der Waals surface area contributed by atoms with Crippen LogP contribution in [0.15, 0.2) is 24.3 Å². The predicted octanol–water partition coefficient (Wildman–Crippen LogP) is 3.77. The maximum Gasteiger partial charge on any atom is 0.0323 e. The quantitative estimate of drug-likeness (QED) is 0.848. The van der Waals surface area contributed by atoms with Crippen LogP contribution in [0.2, 0.25) is 0 Å². The molecule has 0 spiro atoms. The molecule has 1 aliphatic carbocycles. The highest BCUT2D eigenvalue weighted by Crippen LogP contribution is 2.29. The van der Waals surface area contributed by atoms with Gasteiger partial charge in [0.25, 0.3) is 0 Å². The summed E-state index contributed by atoms with van der Waals surface area (Å²) in [6.07, 6.45) is 6.63. The maximum absolute atomic E-state index is 3.89. The fourth-order valence-electron chi connectivity index (χ4n) is 3.94. The first-order valence-electron chi connectivity index (χ1n) is 8.79. The predicted molar refractivity (Wildman–Crippen MR) is 89.6 cm³/mol. The second-order valence-corrected chi connectivity index (χ2v) is 7.15. The SMILES string of the molecule is CC(C)N1CCC(CNC2CCCCc3ccccc32)C1. The number of benzene rings is 1. The van der Waals surface area contributed by atoms with E-state index in [2.05, 4.69) is 48.3 Å². The molecule has 116 valence electrons. The fraction of sp³-hybridized carbons (Fsp3) is 0.684. The fourth-order valence-corrected chi connectivity index (χ4v) is 3.94. The van der Waals surface area contributed by atoms with Crippen LogP contribution in [0, 0.1) is 5.92 Å². The molecule has 21 heavy (non-hydrogen) atoms. The van der Waals surface area contributed by atoms with E-state index >= 15 is 0 Å². The Hall–Kier alpha value is -0.860. The van der Waals surface area contributed by atoms with Crippen molar-refractivity contribution < 1.29 is 0 Å². The summed E-state index contributed by atoms with van der Waals surface area (Å²) in [5.74, 6) is 0.836. The zero-order valence-electron chi connectivity index (χ0n) is 13.6. The maximum atomic E-state index is 3.89. The Morgan fingerprint density at radius 3 is 2.86 bits per heavy atom. The van der Waals surface area contributed by atoms with Crippen LogP contribution >= 0.6 is 0 Å². The standard InChI is InChI=1S/C19H30N2/c1-15(2)21-12-11-16(14-21)13-20-19-10-6-4-8-17-7-3-5-9-18(17)19/h3,5,7,9,15-16,19-20H,4,6,8,10-14H2,1-2H3. The Bertz CT molecular complexity index is 455. The lowest BCUT2D eigenvalue weighted by atomic mass is 9.98. The van der Waals surface area contributed by atoms with E-state index in [0.717, 1.165) is 5.92 Å². The monoisotopic (exact) mass is 286 g/mol. The highest BCUT2D eigenvalue weighted by atomic mass is 15.2. The van der Waals surface area contributed by atoms with Crippen molar-refractivity contribution in [2.45, 2.75) is 58.0 Å². The van der Waals surface area contributed by atoms with Crippen molar-refractivity contribution >= 4 is 0 Å². The summed E-state index contributed by atoms with van der Waals surface area (Å²) < 4.78 is 0. The molecule has 0 saturated carbocycles. The van der Waals surface area contributed by atoms with Gasteiger partial charge in [-0.1, -0.05) is 30.7 Å². The summed E-state index contributed by atoms with van der Waals surface area (Å²) in [4.78, 5) is 2.62. The molecule has 2 unspecified atom stereocenters. The smallest absolute Gasteiger partial charge is 0.0323 e. The third-order valence-electron chi connectivity index (χ3n) is 5.32. The molecule has 1 saturated heterocycles. The minimum atomic E-state index is 0.580. The van der Waals surface area contributed by atoms with Gasteiger partial charge in [-0.2, -0.15) is 0 Å². The van der Waals surface area contributed by atoms with E-state index in [9.17, 15) is 0 Å². The molecule has 2 heteroatoms. The minimum absolute atomic E-state index is 0.580. The van der Waals surface area contributed by atoms with Gasteiger partial charge < -0.3 is 10.2 Å². The van der Waals surface area contributed by atoms with Crippen molar-refractivity contribution in [2.75, 3.05) is 19.6 Å². The molecule has 1 aliphatic heterocycles. The van der Waals surface area contributed by atoms with Gasteiger partial charge in [0, 0.05) is 18.6 Å². The molecule has 2 nitrogen and oxygen atoms in total. The van der Waals surface area contributed by atoms with Crippen LogP contribution < -0.4 is 5.32 Å². The van der Waals surface area contributed by atoms with Crippen LogP contribution in [0.4, 0.5) is 0 Å². The lowest BCUT2D eigenvalue weighted by molar-refractivity contribution is 0.262. The molecule has 0 bridgehead atoms. The summed E-state index contributed by atoms with van der Waals surface area (Å²) in [7, 11) is 0. The Morgan fingerprint density at radius 1 is 1.19 bits per heavy atom. The topological polar surface area (TPSA) is 15.3 Å². The molecule has 1 N–H and O–H groups in total. The number of hydrogen-bond donors (Lipinski definition) is 1. The highest BCUT2D eigenvalue weighted by molar-refractivity contribution is 5.31. The first kappa shape index (κ1) is 15.1. The van der Waals surface area contributed by atoms with Gasteiger partial charge in [-0.25, -0.2) is 0 Å². The van der Waals surface area contributed by atoms with Crippen molar-refractivity contribution in [3.63, 3.8) is 0 Å². The molecule has 2 atom stereocenters. The second-order valence-electron chi connectivity index (χ2n) is 7.15. The summed E-state index contributed by atoms with van der Waals surface area (Å²) in [6, 6.07) is 10.3.